The van der Waals surface area contributed by atoms with Gasteiger partial charge in [0.15, 0.2) is 0 Å². The Bertz CT molecular complexity index is 1120. The molecule has 1 fully saturated rings. The van der Waals surface area contributed by atoms with Crippen molar-refractivity contribution in [2.45, 2.75) is 44.9 Å². The zero-order chi connectivity index (χ0) is 21.1. The van der Waals surface area contributed by atoms with Crippen LogP contribution in [0.4, 0.5) is 0 Å². The number of piperidine rings is 1. The Kier molecular flexibility index (Phi) is 4.45. The van der Waals surface area contributed by atoms with Crippen LogP contribution in [0.1, 0.15) is 47.6 Å². The van der Waals surface area contributed by atoms with Crippen molar-refractivity contribution in [3.8, 4) is 5.75 Å². The van der Waals surface area contributed by atoms with Crippen LogP contribution in [-0.2, 0) is 10.0 Å². The van der Waals surface area contributed by atoms with Gasteiger partial charge in [0.1, 0.15) is 5.75 Å². The van der Waals surface area contributed by atoms with E-state index in [2.05, 4.69) is 61.3 Å². The highest BCUT2D eigenvalue weighted by molar-refractivity contribution is 7.88. The molecule has 7 heteroatoms. The van der Waals surface area contributed by atoms with Crippen LogP contribution in [0.3, 0.4) is 0 Å². The van der Waals surface area contributed by atoms with Crippen LogP contribution >= 0.6 is 0 Å². The molecule has 6 nitrogen and oxygen atoms in total. The summed E-state index contributed by atoms with van der Waals surface area (Å²) in [5.41, 5.74) is 5.17. The van der Waals surface area contributed by atoms with Gasteiger partial charge < -0.3 is 4.74 Å². The third-order valence-electron chi connectivity index (χ3n) is 6.51. The lowest BCUT2D eigenvalue weighted by Gasteiger charge is -2.50. The molecule has 0 amide bonds. The molecule has 0 radical (unpaired) electrons. The topological polar surface area (TPSA) is 62.2 Å². The fourth-order valence-corrected chi connectivity index (χ4v) is 5.67. The van der Waals surface area contributed by atoms with Crippen molar-refractivity contribution < 1.29 is 13.2 Å². The fourth-order valence-electron chi connectivity index (χ4n) is 4.82. The first-order chi connectivity index (χ1) is 14.2. The highest BCUT2D eigenvalue weighted by Gasteiger charge is 2.52. The number of benzene rings is 2. The molecular formula is C23H27N3O3S. The van der Waals surface area contributed by atoms with Gasteiger partial charge in [-0.05, 0) is 25.5 Å². The zero-order valence-electron chi connectivity index (χ0n) is 17.6. The number of sulfonamides is 1. The molecule has 1 saturated heterocycles. The van der Waals surface area contributed by atoms with Crippen molar-refractivity contribution in [2.24, 2.45) is 5.10 Å². The molecule has 158 valence electrons. The van der Waals surface area contributed by atoms with Crippen LogP contribution in [0, 0.1) is 13.8 Å². The molecule has 1 spiro atoms. The molecule has 0 aliphatic carbocycles. The average molecular weight is 426 g/mol. The lowest BCUT2D eigenvalue weighted by molar-refractivity contribution is -0.143. The fraction of sp³-hybridized carbons (Fsp3) is 0.435. The van der Waals surface area contributed by atoms with E-state index in [0.717, 1.165) is 29.0 Å². The number of hydrogen-bond acceptors (Lipinski definition) is 5. The van der Waals surface area contributed by atoms with E-state index in [-0.39, 0.29) is 6.04 Å². The minimum absolute atomic E-state index is 0.106. The summed E-state index contributed by atoms with van der Waals surface area (Å²) in [5.74, 6) is 0.898. The molecule has 3 aliphatic rings. The van der Waals surface area contributed by atoms with Crippen LogP contribution in [0.2, 0.25) is 0 Å². The molecule has 30 heavy (non-hydrogen) atoms. The molecule has 3 heterocycles. The smallest absolute Gasteiger partial charge is 0.211 e. The highest BCUT2D eigenvalue weighted by Crippen LogP contribution is 2.50. The molecular weight excluding hydrogens is 398 g/mol. The summed E-state index contributed by atoms with van der Waals surface area (Å²) in [4.78, 5) is 0. The summed E-state index contributed by atoms with van der Waals surface area (Å²) in [6, 6.07) is 14.9. The predicted molar refractivity (Wildman–Crippen MR) is 117 cm³/mol. The maximum atomic E-state index is 12.0. The van der Waals surface area contributed by atoms with Gasteiger partial charge in [-0.2, -0.15) is 5.10 Å². The summed E-state index contributed by atoms with van der Waals surface area (Å²) in [5, 5.41) is 7.19. The van der Waals surface area contributed by atoms with Gasteiger partial charge in [0, 0.05) is 37.9 Å². The van der Waals surface area contributed by atoms with E-state index in [9.17, 15) is 8.42 Å². The molecule has 0 N–H and O–H groups in total. The highest BCUT2D eigenvalue weighted by atomic mass is 32.2. The van der Waals surface area contributed by atoms with Gasteiger partial charge in [-0.3, -0.25) is 0 Å². The second-order valence-electron chi connectivity index (χ2n) is 8.73. The number of hydrazone groups is 1. The van der Waals surface area contributed by atoms with E-state index >= 15 is 0 Å². The third kappa shape index (κ3) is 3.20. The van der Waals surface area contributed by atoms with E-state index in [1.54, 1.807) is 4.31 Å². The maximum absolute atomic E-state index is 12.0. The Hall–Kier alpha value is -2.38. The van der Waals surface area contributed by atoms with E-state index in [0.29, 0.717) is 25.9 Å². The minimum Gasteiger partial charge on any atom is -0.466 e. The lowest BCUT2D eigenvalue weighted by Crippen LogP contribution is -2.59. The first kappa shape index (κ1) is 19.6. The van der Waals surface area contributed by atoms with Crippen LogP contribution in [0.25, 0.3) is 0 Å². The second-order valence-corrected chi connectivity index (χ2v) is 10.7. The molecule has 0 saturated carbocycles. The Morgan fingerprint density at radius 3 is 2.37 bits per heavy atom. The quantitative estimate of drug-likeness (QED) is 0.738. The lowest BCUT2D eigenvalue weighted by atomic mass is 9.90. The third-order valence-corrected chi connectivity index (χ3v) is 7.81. The van der Waals surface area contributed by atoms with Gasteiger partial charge in [0.2, 0.25) is 15.7 Å². The number of rotatable bonds is 2. The van der Waals surface area contributed by atoms with Crippen LogP contribution < -0.4 is 4.74 Å². The number of nitrogens with zero attached hydrogens (tertiary/aromatic N) is 3. The molecule has 0 aromatic heterocycles. The van der Waals surface area contributed by atoms with Gasteiger partial charge in [0.05, 0.1) is 18.0 Å². The van der Waals surface area contributed by atoms with Gasteiger partial charge in [0.25, 0.3) is 0 Å². The number of fused-ring (bicyclic) bond motifs is 4. The van der Waals surface area contributed by atoms with Crippen molar-refractivity contribution in [1.82, 2.24) is 9.31 Å². The number of aryl methyl sites for hydroxylation is 2. The van der Waals surface area contributed by atoms with E-state index < -0.39 is 15.7 Å². The van der Waals surface area contributed by atoms with Crippen molar-refractivity contribution in [2.75, 3.05) is 19.3 Å². The van der Waals surface area contributed by atoms with Gasteiger partial charge in [-0.1, -0.05) is 47.5 Å². The molecule has 0 bridgehead atoms. The van der Waals surface area contributed by atoms with Crippen molar-refractivity contribution in [3.05, 3.63) is 64.7 Å². The summed E-state index contributed by atoms with van der Waals surface area (Å²) < 4.78 is 32.2. The van der Waals surface area contributed by atoms with E-state index in [1.165, 1.54) is 17.4 Å². The number of ether oxygens (including phenoxy) is 1. The number of hydrogen-bond donors (Lipinski definition) is 0. The Labute approximate surface area is 178 Å². The largest absolute Gasteiger partial charge is 0.466 e. The predicted octanol–water partition coefficient (Wildman–Crippen LogP) is 3.60. The first-order valence-electron chi connectivity index (χ1n) is 10.4. The Morgan fingerprint density at radius 2 is 1.70 bits per heavy atom. The summed E-state index contributed by atoms with van der Waals surface area (Å²) in [6.07, 6.45) is 3.28. The van der Waals surface area contributed by atoms with Gasteiger partial charge in [-0.15, -0.1) is 0 Å². The molecule has 3 aliphatic heterocycles. The van der Waals surface area contributed by atoms with Crippen LogP contribution in [0.5, 0.6) is 5.75 Å². The molecule has 2 aromatic rings. The molecule has 0 unspecified atom stereocenters. The van der Waals surface area contributed by atoms with Crippen molar-refractivity contribution in [1.29, 1.82) is 0 Å². The monoisotopic (exact) mass is 425 g/mol. The van der Waals surface area contributed by atoms with E-state index in [1.807, 2.05) is 0 Å². The zero-order valence-corrected chi connectivity index (χ0v) is 18.4. The maximum Gasteiger partial charge on any atom is 0.211 e. The molecule has 5 rings (SSSR count). The van der Waals surface area contributed by atoms with Crippen molar-refractivity contribution >= 4 is 15.7 Å². The van der Waals surface area contributed by atoms with Gasteiger partial charge in [-0.25, -0.2) is 17.7 Å². The summed E-state index contributed by atoms with van der Waals surface area (Å²) in [6.45, 7) is 5.06. The van der Waals surface area contributed by atoms with Crippen LogP contribution in [0.15, 0.2) is 47.6 Å². The van der Waals surface area contributed by atoms with E-state index in [4.69, 9.17) is 9.84 Å². The Balaban J connectivity index is 1.55. The molecule has 2 aromatic carbocycles. The second kappa shape index (κ2) is 6.82. The summed E-state index contributed by atoms with van der Waals surface area (Å²) >= 11 is 0. The van der Waals surface area contributed by atoms with Crippen molar-refractivity contribution in [3.63, 3.8) is 0 Å². The minimum atomic E-state index is -3.20. The SMILES string of the molecule is Cc1ccc(C2=NN3[C@H](C2)c2cc(C)ccc2OC32CCN(S(C)(=O)=O)CC2)cc1. The first-order valence-corrected chi connectivity index (χ1v) is 12.3. The average Bonchev–Trinajstić information content (AvgIpc) is 3.16. The van der Waals surface area contributed by atoms with Gasteiger partial charge >= 0.3 is 0 Å². The van der Waals surface area contributed by atoms with Crippen LogP contribution in [-0.4, -0.2) is 48.5 Å². The Morgan fingerprint density at radius 1 is 1.03 bits per heavy atom. The normalized spacial score (nSPS) is 23.0. The standard InChI is InChI=1S/C23H27N3O3S/c1-16-4-7-18(8-5-16)20-15-21-19-14-17(2)6-9-22(19)29-23(26(21)24-20)10-12-25(13-11-23)30(3,27)28/h4-9,14,21H,10-13,15H2,1-3H3/t21-/m1/s1. The summed E-state index contributed by atoms with van der Waals surface area (Å²) in [7, 11) is -3.20. The molecule has 1 atom stereocenters.